The van der Waals surface area contributed by atoms with Gasteiger partial charge < -0.3 is 19.5 Å². The van der Waals surface area contributed by atoms with Gasteiger partial charge in [0.25, 0.3) is 5.91 Å². The molecule has 6 heteroatoms. The molecule has 0 saturated carbocycles. The van der Waals surface area contributed by atoms with E-state index in [9.17, 15) is 9.59 Å². The zero-order valence-electron chi connectivity index (χ0n) is 15.0. The van der Waals surface area contributed by atoms with Gasteiger partial charge in [-0.05, 0) is 37.0 Å². The lowest BCUT2D eigenvalue weighted by atomic mass is 10.0. The Kier molecular flexibility index (Phi) is 8.26. The predicted octanol–water partition coefficient (Wildman–Crippen LogP) is 2.19. The van der Waals surface area contributed by atoms with Gasteiger partial charge in [0.15, 0.2) is 12.7 Å². The molecule has 0 bridgehead atoms. The summed E-state index contributed by atoms with van der Waals surface area (Å²) in [4.78, 5) is 23.6. The minimum absolute atomic E-state index is 0.238. The van der Waals surface area contributed by atoms with Gasteiger partial charge in [0.1, 0.15) is 5.75 Å². The van der Waals surface area contributed by atoms with E-state index in [0.29, 0.717) is 24.8 Å². The molecule has 0 fully saturated rings. The van der Waals surface area contributed by atoms with Crippen LogP contribution in [0.2, 0.25) is 0 Å². The van der Waals surface area contributed by atoms with Crippen molar-refractivity contribution in [3.05, 3.63) is 29.3 Å². The molecular formula is C18H27NO5. The summed E-state index contributed by atoms with van der Waals surface area (Å²) in [7, 11) is 1.54. The Labute approximate surface area is 143 Å². The van der Waals surface area contributed by atoms with E-state index in [-0.39, 0.29) is 12.5 Å². The molecule has 1 aromatic carbocycles. The topological polar surface area (TPSA) is 73.9 Å². The fourth-order valence-electron chi connectivity index (χ4n) is 1.97. The van der Waals surface area contributed by atoms with Crippen LogP contribution in [0.25, 0.3) is 0 Å². The van der Waals surface area contributed by atoms with E-state index in [2.05, 4.69) is 19.2 Å². The number of benzene rings is 1. The predicted molar refractivity (Wildman–Crippen MR) is 91.2 cm³/mol. The average molecular weight is 337 g/mol. The van der Waals surface area contributed by atoms with E-state index in [0.717, 1.165) is 11.1 Å². The zero-order chi connectivity index (χ0) is 18.1. The summed E-state index contributed by atoms with van der Waals surface area (Å²) < 4.78 is 15.4. The second-order valence-electron chi connectivity index (χ2n) is 5.88. The zero-order valence-corrected chi connectivity index (χ0v) is 15.0. The molecule has 6 nitrogen and oxygen atoms in total. The van der Waals surface area contributed by atoms with Crippen molar-refractivity contribution in [3.63, 3.8) is 0 Å². The van der Waals surface area contributed by atoms with Gasteiger partial charge in [-0.2, -0.15) is 0 Å². The van der Waals surface area contributed by atoms with Gasteiger partial charge in [-0.15, -0.1) is 0 Å². The summed E-state index contributed by atoms with van der Waals surface area (Å²) in [5, 5.41) is 2.61. The Morgan fingerprint density at radius 2 is 1.92 bits per heavy atom. The van der Waals surface area contributed by atoms with Gasteiger partial charge in [0.2, 0.25) is 0 Å². The number of ether oxygens (including phenoxy) is 3. The molecule has 1 rings (SSSR count). The second-order valence-corrected chi connectivity index (χ2v) is 5.88. The largest absolute Gasteiger partial charge is 0.482 e. The van der Waals surface area contributed by atoms with Crippen molar-refractivity contribution in [3.8, 4) is 5.75 Å². The maximum atomic E-state index is 11.8. The first-order valence-corrected chi connectivity index (χ1v) is 8.04. The van der Waals surface area contributed by atoms with Gasteiger partial charge in [-0.1, -0.05) is 26.0 Å². The third kappa shape index (κ3) is 6.58. The van der Waals surface area contributed by atoms with Crippen molar-refractivity contribution >= 4 is 11.9 Å². The SMILES string of the molecule is COCCNC(=O)[C@H](C)OC(=O)COc1cc(C(C)C)ccc1C. The smallest absolute Gasteiger partial charge is 0.344 e. The van der Waals surface area contributed by atoms with Gasteiger partial charge in [0.05, 0.1) is 6.61 Å². The molecule has 134 valence electrons. The molecule has 24 heavy (non-hydrogen) atoms. The van der Waals surface area contributed by atoms with E-state index in [1.807, 2.05) is 25.1 Å². The van der Waals surface area contributed by atoms with Crippen LogP contribution in [-0.4, -0.2) is 44.8 Å². The van der Waals surface area contributed by atoms with Gasteiger partial charge in [-0.25, -0.2) is 4.79 Å². The normalized spacial score (nSPS) is 11.9. The minimum atomic E-state index is -0.874. The lowest BCUT2D eigenvalue weighted by molar-refractivity contribution is -0.156. The van der Waals surface area contributed by atoms with Gasteiger partial charge >= 0.3 is 5.97 Å². The first kappa shape index (κ1) is 20.0. The number of carbonyl (C=O) groups is 2. The number of hydrogen-bond acceptors (Lipinski definition) is 5. The van der Waals surface area contributed by atoms with Crippen LogP contribution in [0.5, 0.6) is 5.75 Å². The van der Waals surface area contributed by atoms with Crippen LogP contribution in [-0.2, 0) is 19.1 Å². The van der Waals surface area contributed by atoms with Crippen LogP contribution in [0.3, 0.4) is 0 Å². The lowest BCUT2D eigenvalue weighted by Crippen LogP contribution is -2.38. The van der Waals surface area contributed by atoms with Crippen LogP contribution in [0.15, 0.2) is 18.2 Å². The second kappa shape index (κ2) is 9.93. The number of amides is 1. The number of carbonyl (C=O) groups excluding carboxylic acids is 2. The molecule has 0 saturated heterocycles. The number of esters is 1. The summed E-state index contributed by atoms with van der Waals surface area (Å²) in [5.41, 5.74) is 2.08. The van der Waals surface area contributed by atoms with Crippen molar-refractivity contribution < 1.29 is 23.8 Å². The quantitative estimate of drug-likeness (QED) is 0.552. The van der Waals surface area contributed by atoms with Crippen molar-refractivity contribution in [2.75, 3.05) is 26.9 Å². The molecule has 1 amide bonds. The Balaban J connectivity index is 2.48. The third-order valence-corrected chi connectivity index (χ3v) is 3.51. The number of aryl methyl sites for hydroxylation is 1. The molecular weight excluding hydrogens is 310 g/mol. The molecule has 0 heterocycles. The average Bonchev–Trinajstić information content (AvgIpc) is 2.53. The van der Waals surface area contributed by atoms with Crippen LogP contribution in [0.4, 0.5) is 0 Å². The highest BCUT2D eigenvalue weighted by atomic mass is 16.6. The summed E-state index contributed by atoms with van der Waals surface area (Å²) in [6, 6.07) is 5.92. The Bertz CT molecular complexity index is 556. The van der Waals surface area contributed by atoms with E-state index in [1.165, 1.54) is 6.92 Å². The monoisotopic (exact) mass is 337 g/mol. The van der Waals surface area contributed by atoms with E-state index in [4.69, 9.17) is 14.2 Å². The molecule has 1 N–H and O–H groups in total. The Morgan fingerprint density at radius 3 is 2.54 bits per heavy atom. The van der Waals surface area contributed by atoms with Crippen LogP contribution in [0.1, 0.15) is 37.8 Å². The van der Waals surface area contributed by atoms with Crippen molar-refractivity contribution in [2.45, 2.75) is 39.7 Å². The highest BCUT2D eigenvalue weighted by Gasteiger charge is 2.18. The van der Waals surface area contributed by atoms with Crippen molar-refractivity contribution in [2.24, 2.45) is 0 Å². The maximum Gasteiger partial charge on any atom is 0.344 e. The molecule has 0 aliphatic carbocycles. The highest BCUT2D eigenvalue weighted by molar-refractivity contribution is 5.83. The fourth-order valence-corrected chi connectivity index (χ4v) is 1.97. The molecule has 0 aromatic heterocycles. The Morgan fingerprint density at radius 1 is 1.21 bits per heavy atom. The molecule has 1 atom stereocenters. The molecule has 0 spiro atoms. The van der Waals surface area contributed by atoms with Crippen LogP contribution >= 0.6 is 0 Å². The molecule has 0 unspecified atom stereocenters. The van der Waals surface area contributed by atoms with E-state index < -0.39 is 12.1 Å². The standard InChI is InChI=1S/C18H27NO5/c1-12(2)15-7-6-13(3)16(10-15)23-11-17(20)24-14(4)18(21)19-8-9-22-5/h6-7,10,12,14H,8-9,11H2,1-5H3,(H,19,21)/t14-/m0/s1. The van der Waals surface area contributed by atoms with E-state index >= 15 is 0 Å². The number of rotatable bonds is 9. The molecule has 0 aliphatic heterocycles. The van der Waals surface area contributed by atoms with Crippen LogP contribution in [0, 0.1) is 6.92 Å². The highest BCUT2D eigenvalue weighted by Crippen LogP contribution is 2.24. The summed E-state index contributed by atoms with van der Waals surface area (Å²) in [6.07, 6.45) is -0.874. The van der Waals surface area contributed by atoms with Gasteiger partial charge in [-0.3, -0.25) is 4.79 Å². The minimum Gasteiger partial charge on any atom is -0.482 e. The number of hydrogen-bond donors (Lipinski definition) is 1. The summed E-state index contributed by atoms with van der Waals surface area (Å²) in [6.45, 7) is 8.15. The number of nitrogens with one attached hydrogen (secondary N) is 1. The third-order valence-electron chi connectivity index (χ3n) is 3.51. The van der Waals surface area contributed by atoms with Gasteiger partial charge in [0, 0.05) is 13.7 Å². The first-order chi connectivity index (χ1) is 11.3. The number of methoxy groups -OCH3 is 1. The molecule has 0 aliphatic rings. The lowest BCUT2D eigenvalue weighted by Gasteiger charge is -2.15. The van der Waals surface area contributed by atoms with E-state index in [1.54, 1.807) is 7.11 Å². The maximum absolute atomic E-state index is 11.8. The van der Waals surface area contributed by atoms with Crippen molar-refractivity contribution in [1.29, 1.82) is 0 Å². The summed E-state index contributed by atoms with van der Waals surface area (Å²) >= 11 is 0. The molecule has 0 radical (unpaired) electrons. The fraction of sp³-hybridized carbons (Fsp3) is 0.556. The van der Waals surface area contributed by atoms with Crippen LogP contribution < -0.4 is 10.1 Å². The Hall–Kier alpha value is -2.08. The summed E-state index contributed by atoms with van der Waals surface area (Å²) in [5.74, 6) is 0.0724. The van der Waals surface area contributed by atoms with Crippen molar-refractivity contribution in [1.82, 2.24) is 5.32 Å². The molecule has 1 aromatic rings. The first-order valence-electron chi connectivity index (χ1n) is 8.04.